The van der Waals surface area contributed by atoms with E-state index in [0.717, 1.165) is 6.42 Å². The first-order valence-electron chi connectivity index (χ1n) is 5.99. The van der Waals surface area contributed by atoms with E-state index in [1.807, 2.05) is 6.92 Å². The second-order valence-corrected chi connectivity index (χ2v) is 4.55. The van der Waals surface area contributed by atoms with E-state index in [0.29, 0.717) is 17.3 Å². The fraction of sp³-hybridized carbons (Fsp3) is 0.500. The number of nitrogens with one attached hydrogen (secondary N) is 1. The Kier molecular flexibility index (Phi) is 5.85. The highest BCUT2D eigenvalue weighted by molar-refractivity contribution is 6.31. The molecule has 1 heterocycles. The largest absolute Gasteiger partial charge is 0.480 e. The van der Waals surface area contributed by atoms with Crippen LogP contribution in [0.15, 0.2) is 12.3 Å². The Labute approximate surface area is 116 Å². The molecule has 1 rings (SSSR count). The predicted octanol–water partition coefficient (Wildman–Crippen LogP) is 1.12. The molecule has 0 saturated heterocycles. The van der Waals surface area contributed by atoms with E-state index >= 15 is 0 Å². The lowest BCUT2D eigenvalue weighted by atomic mass is 10.2. The van der Waals surface area contributed by atoms with Crippen molar-refractivity contribution in [3.8, 4) is 0 Å². The Morgan fingerprint density at radius 3 is 2.74 bits per heavy atom. The molecule has 1 atom stereocenters. The van der Waals surface area contributed by atoms with Crippen LogP contribution in [0.4, 0.5) is 0 Å². The molecule has 1 amide bonds. The van der Waals surface area contributed by atoms with Gasteiger partial charge in [-0.25, -0.2) is 4.79 Å². The fourth-order valence-electron chi connectivity index (χ4n) is 1.71. The molecule has 0 aliphatic rings. The average molecular weight is 289 g/mol. The Morgan fingerprint density at radius 1 is 1.53 bits per heavy atom. The maximum absolute atomic E-state index is 12.0. The molecule has 3 N–H and O–H groups in total. The number of rotatable bonds is 7. The molecule has 0 aliphatic heterocycles. The van der Waals surface area contributed by atoms with E-state index in [1.54, 1.807) is 10.8 Å². The summed E-state index contributed by atoms with van der Waals surface area (Å²) < 4.78 is 1.68. The predicted molar refractivity (Wildman–Crippen MR) is 70.3 cm³/mol. The lowest BCUT2D eigenvalue weighted by molar-refractivity contribution is -0.139. The van der Waals surface area contributed by atoms with Gasteiger partial charge in [0.15, 0.2) is 0 Å². The smallest absolute Gasteiger partial charge is 0.326 e. The second-order valence-electron chi connectivity index (χ2n) is 4.11. The topological polar surface area (TPSA) is 91.6 Å². The molecule has 0 radical (unpaired) electrons. The third-order valence-electron chi connectivity index (χ3n) is 2.58. The normalized spacial score (nSPS) is 12.2. The molecular weight excluding hydrogens is 272 g/mol. The monoisotopic (exact) mass is 288 g/mol. The molecule has 1 aromatic rings. The van der Waals surface area contributed by atoms with Gasteiger partial charge in [0, 0.05) is 25.8 Å². The van der Waals surface area contributed by atoms with Crippen molar-refractivity contribution in [2.75, 3.05) is 6.61 Å². The van der Waals surface area contributed by atoms with Crippen molar-refractivity contribution in [3.05, 3.63) is 23.0 Å². The molecule has 7 heteroatoms. The number of carboxylic acid groups (broad SMARTS) is 1. The number of carbonyl (C=O) groups is 2. The minimum atomic E-state index is -1.18. The van der Waals surface area contributed by atoms with E-state index in [1.165, 1.54) is 6.07 Å². The average Bonchev–Trinajstić information content (AvgIpc) is 2.70. The second kappa shape index (κ2) is 7.16. The number of hydrogen-bond acceptors (Lipinski definition) is 3. The summed E-state index contributed by atoms with van der Waals surface area (Å²) in [5.41, 5.74) is 0.316. The van der Waals surface area contributed by atoms with Crippen molar-refractivity contribution in [1.82, 2.24) is 9.88 Å². The summed E-state index contributed by atoms with van der Waals surface area (Å²) in [5, 5.41) is 20.5. The van der Waals surface area contributed by atoms with Crippen LogP contribution >= 0.6 is 11.6 Å². The highest BCUT2D eigenvalue weighted by atomic mass is 35.5. The first-order valence-corrected chi connectivity index (χ1v) is 6.37. The Balaban J connectivity index is 2.84. The summed E-state index contributed by atoms with van der Waals surface area (Å²) in [7, 11) is 0. The van der Waals surface area contributed by atoms with E-state index in [4.69, 9.17) is 21.8 Å². The summed E-state index contributed by atoms with van der Waals surface area (Å²) in [5.74, 6) is -1.69. The van der Waals surface area contributed by atoms with Gasteiger partial charge in [-0.1, -0.05) is 18.5 Å². The number of carboxylic acids is 1. The lowest BCUT2D eigenvalue weighted by Gasteiger charge is -2.14. The van der Waals surface area contributed by atoms with Gasteiger partial charge in [0.1, 0.15) is 11.7 Å². The molecule has 19 heavy (non-hydrogen) atoms. The lowest BCUT2D eigenvalue weighted by Crippen LogP contribution is -2.42. The number of nitrogens with zero attached hydrogens (tertiary/aromatic N) is 1. The number of aliphatic carboxylic acids is 1. The number of aromatic nitrogens is 1. The van der Waals surface area contributed by atoms with Crippen molar-refractivity contribution in [2.24, 2.45) is 0 Å². The van der Waals surface area contributed by atoms with Gasteiger partial charge >= 0.3 is 5.97 Å². The van der Waals surface area contributed by atoms with Gasteiger partial charge < -0.3 is 20.1 Å². The van der Waals surface area contributed by atoms with Gasteiger partial charge in [-0.3, -0.25) is 4.79 Å². The Morgan fingerprint density at radius 2 is 2.21 bits per heavy atom. The highest BCUT2D eigenvalue weighted by Crippen LogP contribution is 2.15. The Bertz CT molecular complexity index is 459. The number of aryl methyl sites for hydroxylation is 1. The summed E-state index contributed by atoms with van der Waals surface area (Å²) in [6.45, 7) is 2.27. The number of hydrogen-bond donors (Lipinski definition) is 3. The van der Waals surface area contributed by atoms with Gasteiger partial charge in [0.05, 0.1) is 5.02 Å². The Hall–Kier alpha value is -1.53. The SMILES string of the molecule is CCCn1cc(Cl)cc1C(=O)N[C@@H](CCO)C(=O)O. The van der Waals surface area contributed by atoms with E-state index in [9.17, 15) is 9.59 Å². The molecule has 0 unspecified atom stereocenters. The van der Waals surface area contributed by atoms with Crippen molar-refractivity contribution in [1.29, 1.82) is 0 Å². The molecule has 0 aromatic carbocycles. The van der Waals surface area contributed by atoms with Crippen LogP contribution in [0.25, 0.3) is 0 Å². The molecule has 106 valence electrons. The molecule has 0 spiro atoms. The molecule has 6 nitrogen and oxygen atoms in total. The zero-order valence-electron chi connectivity index (χ0n) is 10.6. The van der Waals surface area contributed by atoms with Gasteiger partial charge in [0.25, 0.3) is 5.91 Å². The number of aliphatic hydroxyl groups excluding tert-OH is 1. The van der Waals surface area contributed by atoms with Crippen LogP contribution in [0.1, 0.15) is 30.3 Å². The number of amides is 1. The number of carbonyl (C=O) groups excluding carboxylic acids is 1. The maximum atomic E-state index is 12.0. The van der Waals surface area contributed by atoms with Gasteiger partial charge in [-0.05, 0) is 12.5 Å². The summed E-state index contributed by atoms with van der Waals surface area (Å²) in [4.78, 5) is 22.9. The molecular formula is C12H17ClN2O4. The van der Waals surface area contributed by atoms with Crippen molar-refractivity contribution < 1.29 is 19.8 Å². The summed E-state index contributed by atoms with van der Waals surface area (Å²) >= 11 is 5.85. The summed E-state index contributed by atoms with van der Waals surface area (Å²) in [6.07, 6.45) is 2.41. The third-order valence-corrected chi connectivity index (χ3v) is 2.79. The minimum Gasteiger partial charge on any atom is -0.480 e. The number of halogens is 1. The van der Waals surface area contributed by atoms with Crippen LogP contribution in [-0.4, -0.2) is 39.3 Å². The highest BCUT2D eigenvalue weighted by Gasteiger charge is 2.22. The molecule has 0 aliphatic carbocycles. The van der Waals surface area contributed by atoms with Crippen LogP contribution in [0.3, 0.4) is 0 Å². The van der Waals surface area contributed by atoms with Crippen molar-refractivity contribution >= 4 is 23.5 Å². The minimum absolute atomic E-state index is 0.0384. The molecule has 0 saturated carbocycles. The van der Waals surface area contributed by atoms with Crippen LogP contribution in [0.5, 0.6) is 0 Å². The molecule has 0 fully saturated rings. The van der Waals surface area contributed by atoms with Gasteiger partial charge in [-0.15, -0.1) is 0 Å². The zero-order chi connectivity index (χ0) is 14.4. The first-order chi connectivity index (χ1) is 8.99. The van der Waals surface area contributed by atoms with E-state index in [-0.39, 0.29) is 13.0 Å². The third kappa shape index (κ3) is 4.25. The van der Waals surface area contributed by atoms with Gasteiger partial charge in [0.2, 0.25) is 0 Å². The van der Waals surface area contributed by atoms with Crippen molar-refractivity contribution in [2.45, 2.75) is 32.4 Å². The maximum Gasteiger partial charge on any atom is 0.326 e. The van der Waals surface area contributed by atoms with E-state index in [2.05, 4.69) is 5.32 Å². The molecule has 1 aromatic heterocycles. The van der Waals surface area contributed by atoms with Crippen LogP contribution < -0.4 is 5.32 Å². The summed E-state index contributed by atoms with van der Waals surface area (Å²) in [6, 6.07) is 0.381. The van der Waals surface area contributed by atoms with Gasteiger partial charge in [-0.2, -0.15) is 0 Å². The zero-order valence-corrected chi connectivity index (χ0v) is 11.4. The van der Waals surface area contributed by atoms with Crippen LogP contribution in [0, 0.1) is 0 Å². The van der Waals surface area contributed by atoms with Crippen LogP contribution in [-0.2, 0) is 11.3 Å². The first kappa shape index (κ1) is 15.5. The van der Waals surface area contributed by atoms with E-state index < -0.39 is 17.9 Å². The van der Waals surface area contributed by atoms with Crippen LogP contribution in [0.2, 0.25) is 5.02 Å². The van der Waals surface area contributed by atoms with Crippen molar-refractivity contribution in [3.63, 3.8) is 0 Å². The fourth-order valence-corrected chi connectivity index (χ4v) is 1.93. The quantitative estimate of drug-likeness (QED) is 0.701. The standard InChI is InChI=1S/C12H17ClN2O4/c1-2-4-15-7-8(13)6-10(15)11(17)14-9(3-5-16)12(18)19/h6-7,9,16H,2-5H2,1H3,(H,14,17)(H,18,19)/t9-/m0/s1. The number of aliphatic hydroxyl groups is 1. The molecule has 0 bridgehead atoms.